The Morgan fingerprint density at radius 1 is 1.18 bits per heavy atom. The van der Waals surface area contributed by atoms with Crippen LogP contribution in [0.5, 0.6) is 0 Å². The molecule has 38 heavy (non-hydrogen) atoms. The van der Waals surface area contributed by atoms with E-state index < -0.39 is 30.1 Å². The van der Waals surface area contributed by atoms with Gasteiger partial charge in [0.2, 0.25) is 0 Å². The van der Waals surface area contributed by atoms with Gasteiger partial charge in [0.25, 0.3) is 0 Å². The molecule has 3 heterocycles. The molecular formula is C28H33F3N4O3. The normalized spacial score (nSPS) is 18.2. The van der Waals surface area contributed by atoms with E-state index in [0.717, 1.165) is 22.5 Å². The average molecular weight is 531 g/mol. The topological polar surface area (TPSA) is 77.9 Å². The number of nitrogens with one attached hydrogen (secondary N) is 1. The van der Waals surface area contributed by atoms with Gasteiger partial charge in [-0.05, 0) is 80.0 Å². The highest BCUT2D eigenvalue weighted by Crippen LogP contribution is 2.32. The lowest BCUT2D eigenvalue weighted by molar-refractivity contribution is -0.143. The van der Waals surface area contributed by atoms with E-state index in [1.807, 2.05) is 31.2 Å². The van der Waals surface area contributed by atoms with Crippen molar-refractivity contribution in [1.82, 2.24) is 9.88 Å². The summed E-state index contributed by atoms with van der Waals surface area (Å²) in [6, 6.07) is 8.92. The van der Waals surface area contributed by atoms with E-state index in [9.17, 15) is 23.1 Å². The van der Waals surface area contributed by atoms with Crippen LogP contribution in [-0.2, 0) is 4.74 Å². The summed E-state index contributed by atoms with van der Waals surface area (Å²) < 4.78 is 43.7. The van der Waals surface area contributed by atoms with Crippen LogP contribution in [0, 0.1) is 24.7 Å². The molecule has 2 fully saturated rings. The lowest BCUT2D eigenvalue weighted by Gasteiger charge is -2.28. The van der Waals surface area contributed by atoms with Gasteiger partial charge in [-0.3, -0.25) is 0 Å². The number of nitrogens with zero attached hydrogens (tertiary/aromatic N) is 3. The first-order valence-electron chi connectivity index (χ1n) is 12.7. The van der Waals surface area contributed by atoms with Crippen LogP contribution < -0.4 is 10.2 Å². The standard InChI is InChI=1S/C28H33F3N4O3/c1-19-4-5-22(33-26(36)35-9-7-20(18-35)17-28(29,30)31)16-24(19)21-14-23(6-8-27(2,3)37)32-25(15-21)34-10-12-38-13-11-34/h4-5,14-16,20,37H,7,9-13,17-18H2,1-3H3,(H,33,36)/t20-/m0/s1. The molecule has 2 aromatic rings. The number of carbonyl (C=O) groups excluding carboxylic acids is 1. The summed E-state index contributed by atoms with van der Waals surface area (Å²) >= 11 is 0. The number of rotatable bonds is 4. The van der Waals surface area contributed by atoms with Crippen molar-refractivity contribution in [1.29, 1.82) is 0 Å². The highest BCUT2D eigenvalue weighted by molar-refractivity contribution is 5.90. The molecule has 2 aliphatic heterocycles. The number of alkyl halides is 3. The summed E-state index contributed by atoms with van der Waals surface area (Å²) in [5, 5.41) is 12.9. The van der Waals surface area contributed by atoms with Gasteiger partial charge in [0, 0.05) is 38.3 Å². The van der Waals surface area contributed by atoms with Crippen molar-refractivity contribution >= 4 is 17.5 Å². The van der Waals surface area contributed by atoms with Gasteiger partial charge in [-0.1, -0.05) is 12.0 Å². The van der Waals surface area contributed by atoms with E-state index in [1.54, 1.807) is 19.9 Å². The Morgan fingerprint density at radius 3 is 2.61 bits per heavy atom. The van der Waals surface area contributed by atoms with Crippen molar-refractivity contribution < 1.29 is 27.8 Å². The molecule has 0 spiro atoms. The second-order valence-corrected chi connectivity index (χ2v) is 10.4. The van der Waals surface area contributed by atoms with Gasteiger partial charge < -0.3 is 25.0 Å². The molecule has 1 atom stereocenters. The molecule has 7 nitrogen and oxygen atoms in total. The summed E-state index contributed by atoms with van der Waals surface area (Å²) in [4.78, 5) is 21.1. The molecule has 0 unspecified atom stereocenters. The number of morpholine rings is 1. The smallest absolute Gasteiger partial charge is 0.378 e. The summed E-state index contributed by atoms with van der Waals surface area (Å²) in [7, 11) is 0. The van der Waals surface area contributed by atoms with Crippen molar-refractivity contribution in [2.45, 2.75) is 45.4 Å². The van der Waals surface area contributed by atoms with E-state index in [1.165, 1.54) is 4.90 Å². The highest BCUT2D eigenvalue weighted by atomic mass is 19.4. The van der Waals surface area contributed by atoms with Crippen molar-refractivity contribution in [3.05, 3.63) is 41.6 Å². The third kappa shape index (κ3) is 7.62. The molecule has 0 aliphatic carbocycles. The molecule has 1 aromatic heterocycles. The predicted molar refractivity (Wildman–Crippen MR) is 140 cm³/mol. The van der Waals surface area contributed by atoms with Crippen molar-refractivity contribution in [2.24, 2.45) is 5.92 Å². The Hall–Kier alpha value is -3.29. The van der Waals surface area contributed by atoms with Crippen LogP contribution in [0.25, 0.3) is 11.1 Å². The molecule has 0 bridgehead atoms. The van der Waals surface area contributed by atoms with Crippen LogP contribution in [0.2, 0.25) is 0 Å². The summed E-state index contributed by atoms with van der Waals surface area (Å²) in [6.45, 7) is 8.12. The second-order valence-electron chi connectivity index (χ2n) is 10.4. The first kappa shape index (κ1) is 27.7. The van der Waals surface area contributed by atoms with Gasteiger partial charge >= 0.3 is 12.2 Å². The maximum atomic E-state index is 12.8. The molecular weight excluding hydrogens is 497 g/mol. The zero-order valence-corrected chi connectivity index (χ0v) is 21.9. The first-order chi connectivity index (χ1) is 17.9. The molecule has 2 amide bonds. The Bertz CT molecular complexity index is 1220. The first-order valence-corrected chi connectivity index (χ1v) is 12.7. The number of urea groups is 1. The minimum atomic E-state index is -4.23. The maximum absolute atomic E-state index is 12.8. The van der Waals surface area contributed by atoms with Gasteiger partial charge in [-0.25, -0.2) is 9.78 Å². The number of anilines is 2. The highest BCUT2D eigenvalue weighted by Gasteiger charge is 2.36. The third-order valence-corrected chi connectivity index (χ3v) is 6.54. The van der Waals surface area contributed by atoms with Crippen LogP contribution in [0.3, 0.4) is 0 Å². The number of benzene rings is 1. The number of aromatic nitrogens is 1. The number of aryl methyl sites for hydroxylation is 1. The van der Waals surface area contributed by atoms with Gasteiger partial charge in [0.1, 0.15) is 17.1 Å². The van der Waals surface area contributed by atoms with Crippen molar-refractivity contribution in [3.8, 4) is 23.0 Å². The Labute approximate surface area is 221 Å². The number of carbonyl (C=O) groups is 1. The zero-order chi connectivity index (χ0) is 27.5. The fourth-order valence-electron chi connectivity index (χ4n) is 4.63. The van der Waals surface area contributed by atoms with Crippen molar-refractivity contribution in [2.75, 3.05) is 49.6 Å². The molecule has 0 radical (unpaired) electrons. The Kier molecular flexibility index (Phi) is 8.19. The molecule has 4 rings (SSSR count). The van der Waals surface area contributed by atoms with E-state index in [4.69, 9.17) is 9.72 Å². The monoisotopic (exact) mass is 530 g/mol. The molecule has 0 saturated carbocycles. The van der Waals surface area contributed by atoms with Crippen LogP contribution in [0.4, 0.5) is 29.5 Å². The second kappa shape index (κ2) is 11.2. The third-order valence-electron chi connectivity index (χ3n) is 6.54. The Balaban J connectivity index is 1.59. The fourth-order valence-corrected chi connectivity index (χ4v) is 4.63. The van der Waals surface area contributed by atoms with E-state index in [-0.39, 0.29) is 6.54 Å². The summed E-state index contributed by atoms with van der Waals surface area (Å²) in [5.41, 5.74) is 2.56. The number of likely N-dealkylation sites (tertiary alicyclic amines) is 1. The zero-order valence-electron chi connectivity index (χ0n) is 21.9. The van der Waals surface area contributed by atoms with E-state index in [0.29, 0.717) is 50.7 Å². The number of amides is 2. The van der Waals surface area contributed by atoms with Gasteiger partial charge in [-0.2, -0.15) is 13.2 Å². The van der Waals surface area contributed by atoms with Gasteiger partial charge in [0.05, 0.1) is 13.2 Å². The SMILES string of the molecule is Cc1ccc(NC(=O)N2CC[C@@H](CC(F)(F)F)C2)cc1-c1cc(C#CC(C)(C)O)nc(N2CCOCC2)c1. The molecule has 2 saturated heterocycles. The van der Waals surface area contributed by atoms with Gasteiger partial charge in [0.15, 0.2) is 0 Å². The average Bonchev–Trinajstić information content (AvgIpc) is 3.31. The van der Waals surface area contributed by atoms with Crippen molar-refractivity contribution in [3.63, 3.8) is 0 Å². The lowest BCUT2D eigenvalue weighted by atomic mass is 9.99. The van der Waals surface area contributed by atoms with Crippen LogP contribution in [-0.4, -0.2) is 72.2 Å². The van der Waals surface area contributed by atoms with Crippen LogP contribution in [0.15, 0.2) is 30.3 Å². The summed E-state index contributed by atoms with van der Waals surface area (Å²) in [6.07, 6.45) is -4.77. The number of aliphatic hydroxyl groups is 1. The molecule has 10 heteroatoms. The van der Waals surface area contributed by atoms with E-state index >= 15 is 0 Å². The van der Waals surface area contributed by atoms with Crippen LogP contribution in [0.1, 0.15) is 37.9 Å². The van der Waals surface area contributed by atoms with Gasteiger partial charge in [-0.15, -0.1) is 0 Å². The number of ether oxygens (including phenoxy) is 1. The minimum Gasteiger partial charge on any atom is -0.378 e. The number of hydrogen-bond donors (Lipinski definition) is 2. The number of hydrogen-bond acceptors (Lipinski definition) is 5. The number of pyridine rings is 1. The Morgan fingerprint density at radius 2 is 1.92 bits per heavy atom. The minimum absolute atomic E-state index is 0.0839. The van der Waals surface area contributed by atoms with E-state index in [2.05, 4.69) is 22.1 Å². The molecule has 2 N–H and O–H groups in total. The quantitative estimate of drug-likeness (QED) is 0.555. The summed E-state index contributed by atoms with van der Waals surface area (Å²) in [5.74, 6) is 5.95. The molecule has 204 valence electrons. The lowest BCUT2D eigenvalue weighted by Crippen LogP contribution is -2.36. The predicted octanol–water partition coefficient (Wildman–Crippen LogP) is 4.82. The molecule has 1 aromatic carbocycles. The largest absolute Gasteiger partial charge is 0.389 e. The molecule has 2 aliphatic rings. The number of halogens is 3. The van der Waals surface area contributed by atoms with Crippen LogP contribution >= 0.6 is 0 Å². The fraction of sp³-hybridized carbons (Fsp3) is 0.500. The maximum Gasteiger partial charge on any atom is 0.389 e.